The number of aromatic nitrogens is 3. The standard InChI is InChI=1S/C11H12BrN5O/c1-17-6-15-10(16-17)5-14-11(18)8-4-7(13)2-3-9(8)12/h2-4,6H,5,13H2,1H3,(H,14,18). The second-order valence-corrected chi connectivity index (χ2v) is 4.61. The lowest BCUT2D eigenvalue weighted by atomic mass is 10.2. The van der Waals surface area contributed by atoms with Gasteiger partial charge in [-0.2, -0.15) is 5.10 Å². The molecule has 0 saturated heterocycles. The smallest absolute Gasteiger partial charge is 0.252 e. The van der Waals surface area contributed by atoms with Gasteiger partial charge in [-0.1, -0.05) is 0 Å². The Morgan fingerprint density at radius 3 is 3.00 bits per heavy atom. The number of nitrogens with one attached hydrogen (secondary N) is 1. The van der Waals surface area contributed by atoms with Gasteiger partial charge in [-0.05, 0) is 34.1 Å². The van der Waals surface area contributed by atoms with Crippen LogP contribution < -0.4 is 11.1 Å². The van der Waals surface area contributed by atoms with E-state index >= 15 is 0 Å². The van der Waals surface area contributed by atoms with Gasteiger partial charge in [-0.15, -0.1) is 0 Å². The summed E-state index contributed by atoms with van der Waals surface area (Å²) in [6, 6.07) is 5.08. The number of halogens is 1. The fraction of sp³-hybridized carbons (Fsp3) is 0.182. The first-order chi connectivity index (χ1) is 8.56. The van der Waals surface area contributed by atoms with Crippen molar-refractivity contribution in [3.63, 3.8) is 0 Å². The zero-order chi connectivity index (χ0) is 13.1. The number of benzene rings is 1. The first kappa shape index (κ1) is 12.6. The topological polar surface area (TPSA) is 85.8 Å². The molecule has 0 bridgehead atoms. The highest BCUT2D eigenvalue weighted by Crippen LogP contribution is 2.19. The molecule has 1 amide bonds. The summed E-state index contributed by atoms with van der Waals surface area (Å²) in [4.78, 5) is 16.0. The van der Waals surface area contributed by atoms with Gasteiger partial charge in [0.2, 0.25) is 0 Å². The molecule has 6 nitrogen and oxygen atoms in total. The minimum absolute atomic E-state index is 0.221. The Morgan fingerprint density at radius 2 is 2.33 bits per heavy atom. The van der Waals surface area contributed by atoms with Gasteiger partial charge in [-0.3, -0.25) is 9.48 Å². The van der Waals surface area contributed by atoms with Crippen LogP contribution >= 0.6 is 15.9 Å². The van der Waals surface area contributed by atoms with E-state index in [0.29, 0.717) is 21.5 Å². The molecule has 2 rings (SSSR count). The minimum Gasteiger partial charge on any atom is -0.399 e. The van der Waals surface area contributed by atoms with E-state index in [1.807, 2.05) is 0 Å². The van der Waals surface area contributed by atoms with Crippen molar-refractivity contribution < 1.29 is 4.79 Å². The molecule has 7 heteroatoms. The molecule has 0 spiro atoms. The Hall–Kier alpha value is -1.89. The van der Waals surface area contributed by atoms with E-state index in [0.717, 1.165) is 0 Å². The molecule has 0 unspecified atom stereocenters. The number of carbonyl (C=O) groups excluding carboxylic acids is 1. The molecule has 0 radical (unpaired) electrons. The van der Waals surface area contributed by atoms with Crippen LogP contribution in [0.3, 0.4) is 0 Å². The largest absolute Gasteiger partial charge is 0.399 e. The van der Waals surface area contributed by atoms with Crippen molar-refractivity contribution in [2.75, 3.05) is 5.73 Å². The Balaban J connectivity index is 2.05. The highest BCUT2D eigenvalue weighted by molar-refractivity contribution is 9.10. The molecule has 18 heavy (non-hydrogen) atoms. The van der Waals surface area contributed by atoms with Crippen molar-refractivity contribution in [2.24, 2.45) is 7.05 Å². The Morgan fingerprint density at radius 1 is 1.56 bits per heavy atom. The van der Waals surface area contributed by atoms with Crippen LogP contribution in [0.2, 0.25) is 0 Å². The second kappa shape index (κ2) is 5.18. The van der Waals surface area contributed by atoms with E-state index in [-0.39, 0.29) is 12.5 Å². The zero-order valence-corrected chi connectivity index (χ0v) is 11.3. The molecular weight excluding hydrogens is 298 g/mol. The highest BCUT2D eigenvalue weighted by atomic mass is 79.9. The van der Waals surface area contributed by atoms with Gasteiger partial charge >= 0.3 is 0 Å². The first-order valence-electron chi connectivity index (χ1n) is 5.24. The van der Waals surface area contributed by atoms with Crippen LogP contribution in [0.4, 0.5) is 5.69 Å². The fourth-order valence-corrected chi connectivity index (χ4v) is 1.86. The van der Waals surface area contributed by atoms with Gasteiger partial charge in [0.1, 0.15) is 6.33 Å². The summed E-state index contributed by atoms with van der Waals surface area (Å²) in [6.45, 7) is 0.279. The SMILES string of the molecule is Cn1cnc(CNC(=O)c2cc(N)ccc2Br)n1. The lowest BCUT2D eigenvalue weighted by Gasteiger charge is -2.06. The number of nitrogen functional groups attached to an aromatic ring is 1. The maximum Gasteiger partial charge on any atom is 0.252 e. The van der Waals surface area contributed by atoms with Crippen molar-refractivity contribution in [3.05, 3.63) is 40.4 Å². The lowest BCUT2D eigenvalue weighted by Crippen LogP contribution is -2.24. The summed E-state index contributed by atoms with van der Waals surface area (Å²) in [5.74, 6) is 0.340. The molecule has 0 saturated carbocycles. The summed E-state index contributed by atoms with van der Waals surface area (Å²) in [5.41, 5.74) is 6.68. The molecule has 2 aromatic rings. The molecule has 0 aliphatic heterocycles. The van der Waals surface area contributed by atoms with Crippen LogP contribution in [0.25, 0.3) is 0 Å². The van der Waals surface area contributed by atoms with E-state index in [4.69, 9.17) is 5.73 Å². The quantitative estimate of drug-likeness (QED) is 0.831. The number of rotatable bonds is 3. The summed E-state index contributed by atoms with van der Waals surface area (Å²) in [5, 5.41) is 6.80. The average Bonchev–Trinajstić information content (AvgIpc) is 2.75. The number of hydrogen-bond donors (Lipinski definition) is 2. The van der Waals surface area contributed by atoms with Gasteiger partial charge in [0, 0.05) is 17.2 Å². The molecule has 1 aromatic heterocycles. The van der Waals surface area contributed by atoms with E-state index in [1.54, 1.807) is 36.3 Å². The third-order valence-electron chi connectivity index (χ3n) is 2.29. The molecule has 94 valence electrons. The first-order valence-corrected chi connectivity index (χ1v) is 6.03. The van der Waals surface area contributed by atoms with Crippen molar-refractivity contribution in [1.82, 2.24) is 20.1 Å². The van der Waals surface area contributed by atoms with Crippen LogP contribution in [-0.2, 0) is 13.6 Å². The number of carbonyl (C=O) groups is 1. The predicted molar refractivity (Wildman–Crippen MR) is 70.7 cm³/mol. The maximum absolute atomic E-state index is 11.9. The number of nitrogens with zero attached hydrogens (tertiary/aromatic N) is 3. The van der Waals surface area contributed by atoms with Crippen molar-refractivity contribution in [1.29, 1.82) is 0 Å². The number of anilines is 1. The average molecular weight is 310 g/mol. The van der Waals surface area contributed by atoms with Gasteiger partial charge in [0.15, 0.2) is 5.82 Å². The van der Waals surface area contributed by atoms with Crippen molar-refractivity contribution >= 4 is 27.5 Å². The monoisotopic (exact) mass is 309 g/mol. The van der Waals surface area contributed by atoms with E-state index in [9.17, 15) is 4.79 Å². The van der Waals surface area contributed by atoms with E-state index in [2.05, 4.69) is 31.3 Å². The third-order valence-corrected chi connectivity index (χ3v) is 2.98. The minimum atomic E-state index is -0.221. The number of nitrogens with two attached hydrogens (primary N) is 1. The van der Waals surface area contributed by atoms with Crippen LogP contribution in [0.1, 0.15) is 16.2 Å². The van der Waals surface area contributed by atoms with E-state index in [1.165, 1.54) is 0 Å². The molecule has 0 aliphatic carbocycles. The maximum atomic E-state index is 11.9. The number of hydrogen-bond acceptors (Lipinski definition) is 4. The Kier molecular flexibility index (Phi) is 3.61. The Labute approximate surface area is 112 Å². The molecule has 1 aromatic carbocycles. The number of amides is 1. The summed E-state index contributed by atoms with van der Waals surface area (Å²) in [7, 11) is 1.77. The second-order valence-electron chi connectivity index (χ2n) is 3.76. The summed E-state index contributed by atoms with van der Waals surface area (Å²) in [6.07, 6.45) is 1.58. The van der Waals surface area contributed by atoms with Gasteiger partial charge < -0.3 is 11.1 Å². The number of aryl methyl sites for hydroxylation is 1. The Bertz CT molecular complexity index is 581. The van der Waals surface area contributed by atoms with Gasteiger partial charge in [-0.25, -0.2) is 4.98 Å². The van der Waals surface area contributed by atoms with Crippen molar-refractivity contribution in [2.45, 2.75) is 6.54 Å². The van der Waals surface area contributed by atoms with Crippen LogP contribution in [0, 0.1) is 0 Å². The molecule has 1 heterocycles. The van der Waals surface area contributed by atoms with Crippen LogP contribution in [0.5, 0.6) is 0 Å². The zero-order valence-electron chi connectivity index (χ0n) is 9.72. The molecular formula is C11H12BrN5O. The predicted octanol–water partition coefficient (Wildman–Crippen LogP) is 1.09. The van der Waals surface area contributed by atoms with Crippen LogP contribution in [0.15, 0.2) is 29.0 Å². The third kappa shape index (κ3) is 2.86. The summed E-state index contributed by atoms with van der Waals surface area (Å²) >= 11 is 3.31. The van der Waals surface area contributed by atoms with Gasteiger partial charge in [0.05, 0.1) is 12.1 Å². The summed E-state index contributed by atoms with van der Waals surface area (Å²) < 4.78 is 2.28. The molecule has 0 fully saturated rings. The van der Waals surface area contributed by atoms with Crippen molar-refractivity contribution in [3.8, 4) is 0 Å². The van der Waals surface area contributed by atoms with Gasteiger partial charge in [0.25, 0.3) is 5.91 Å². The fourth-order valence-electron chi connectivity index (χ4n) is 1.44. The molecule has 0 aliphatic rings. The lowest BCUT2D eigenvalue weighted by molar-refractivity contribution is 0.0949. The molecule has 3 N–H and O–H groups in total. The highest BCUT2D eigenvalue weighted by Gasteiger charge is 2.10. The molecule has 0 atom stereocenters. The normalized spacial score (nSPS) is 10.3. The van der Waals surface area contributed by atoms with Crippen LogP contribution in [-0.4, -0.2) is 20.7 Å². The van der Waals surface area contributed by atoms with E-state index < -0.39 is 0 Å².